The molecule has 3 rings (SSSR count). The van der Waals surface area contributed by atoms with Gasteiger partial charge < -0.3 is 9.72 Å². The van der Waals surface area contributed by atoms with Crippen LogP contribution >= 0.6 is 11.8 Å². The Balaban J connectivity index is 1.51. The molecule has 0 aliphatic heterocycles. The van der Waals surface area contributed by atoms with Crippen LogP contribution in [0.2, 0.25) is 0 Å². The number of hydrogen-bond acceptors (Lipinski definition) is 4. The molecule has 0 radical (unpaired) electrons. The van der Waals surface area contributed by atoms with Crippen LogP contribution in [0.15, 0.2) is 58.5 Å². The van der Waals surface area contributed by atoms with Crippen LogP contribution in [-0.2, 0) is 0 Å². The first-order valence-electron chi connectivity index (χ1n) is 7.54. The number of rotatable bonds is 6. The van der Waals surface area contributed by atoms with Crippen molar-refractivity contribution < 1.29 is 4.74 Å². The van der Waals surface area contributed by atoms with Crippen LogP contribution < -0.4 is 10.3 Å². The van der Waals surface area contributed by atoms with Gasteiger partial charge in [-0.3, -0.25) is 4.79 Å². The Bertz CT molecular complexity index is 844. The molecule has 0 aliphatic rings. The third kappa shape index (κ3) is 4.13. The van der Waals surface area contributed by atoms with E-state index in [0.29, 0.717) is 17.1 Å². The largest absolute Gasteiger partial charge is 0.494 e. The molecule has 23 heavy (non-hydrogen) atoms. The summed E-state index contributed by atoms with van der Waals surface area (Å²) in [5, 5.41) is 1.28. The summed E-state index contributed by atoms with van der Waals surface area (Å²) in [6, 6.07) is 15.4. The highest BCUT2D eigenvalue weighted by Crippen LogP contribution is 2.16. The van der Waals surface area contributed by atoms with Crippen LogP contribution in [0.4, 0.5) is 0 Å². The van der Waals surface area contributed by atoms with Gasteiger partial charge in [0.05, 0.1) is 17.5 Å². The minimum Gasteiger partial charge on any atom is -0.494 e. The van der Waals surface area contributed by atoms with Crippen molar-refractivity contribution in [3.05, 3.63) is 64.4 Å². The van der Waals surface area contributed by atoms with Gasteiger partial charge in [-0.15, -0.1) is 0 Å². The minimum atomic E-state index is -0.0889. The van der Waals surface area contributed by atoms with Gasteiger partial charge in [-0.25, -0.2) is 4.98 Å². The number of thioether (sulfide) groups is 1. The van der Waals surface area contributed by atoms with Gasteiger partial charge in [0.25, 0.3) is 5.56 Å². The first-order valence-corrected chi connectivity index (χ1v) is 8.52. The molecule has 118 valence electrons. The van der Waals surface area contributed by atoms with E-state index >= 15 is 0 Å². The summed E-state index contributed by atoms with van der Waals surface area (Å²) in [5.41, 5.74) is 1.86. The number of hydrogen-bond donors (Lipinski definition) is 1. The van der Waals surface area contributed by atoms with Crippen molar-refractivity contribution in [2.75, 3.05) is 12.4 Å². The van der Waals surface area contributed by atoms with Crippen molar-refractivity contribution in [1.29, 1.82) is 0 Å². The molecule has 3 aromatic rings. The van der Waals surface area contributed by atoms with Gasteiger partial charge in [0, 0.05) is 5.75 Å². The SMILES string of the molecule is Cc1ccc(OCCCSc2nc3ccccc3c(=O)[nH]2)cc1. The van der Waals surface area contributed by atoms with Gasteiger partial charge in [-0.05, 0) is 37.6 Å². The Morgan fingerprint density at radius 1 is 1.13 bits per heavy atom. The molecular formula is C18H18N2O2S. The average Bonchev–Trinajstić information content (AvgIpc) is 2.56. The quantitative estimate of drug-likeness (QED) is 0.425. The third-order valence-electron chi connectivity index (χ3n) is 3.41. The topological polar surface area (TPSA) is 55.0 Å². The zero-order valence-corrected chi connectivity index (χ0v) is 13.7. The standard InChI is InChI=1S/C18H18N2O2S/c1-13-7-9-14(10-8-13)22-11-4-12-23-18-19-16-6-3-2-5-15(16)17(21)20-18/h2-3,5-10H,4,11-12H2,1H3,(H,19,20,21). The lowest BCUT2D eigenvalue weighted by Gasteiger charge is -2.06. The van der Waals surface area contributed by atoms with Crippen LogP contribution in [0.1, 0.15) is 12.0 Å². The maximum absolute atomic E-state index is 12.0. The Kier molecular flexibility index (Phi) is 4.98. The fourth-order valence-electron chi connectivity index (χ4n) is 2.19. The fourth-order valence-corrected chi connectivity index (χ4v) is 2.97. The molecule has 4 nitrogen and oxygen atoms in total. The average molecular weight is 326 g/mol. The van der Waals surface area contributed by atoms with E-state index in [1.807, 2.05) is 42.5 Å². The molecule has 2 aromatic carbocycles. The summed E-state index contributed by atoms with van der Waals surface area (Å²) in [6.07, 6.45) is 0.884. The monoisotopic (exact) mass is 326 g/mol. The fraction of sp³-hybridized carbons (Fsp3) is 0.222. The number of para-hydroxylation sites is 1. The van der Waals surface area contributed by atoms with Crippen molar-refractivity contribution in [2.24, 2.45) is 0 Å². The van der Waals surface area contributed by atoms with Gasteiger partial charge in [-0.2, -0.15) is 0 Å². The summed E-state index contributed by atoms with van der Waals surface area (Å²) in [4.78, 5) is 19.3. The van der Waals surface area contributed by atoms with Crippen LogP contribution in [0.3, 0.4) is 0 Å². The van der Waals surface area contributed by atoms with E-state index in [1.54, 1.807) is 17.8 Å². The highest BCUT2D eigenvalue weighted by molar-refractivity contribution is 7.99. The Hall–Kier alpha value is -2.27. The van der Waals surface area contributed by atoms with E-state index in [4.69, 9.17) is 4.74 Å². The summed E-state index contributed by atoms with van der Waals surface area (Å²) >= 11 is 1.54. The molecule has 0 fully saturated rings. The zero-order valence-electron chi connectivity index (χ0n) is 12.9. The molecule has 5 heteroatoms. The minimum absolute atomic E-state index is 0.0889. The molecule has 0 saturated heterocycles. The van der Waals surface area contributed by atoms with Gasteiger partial charge >= 0.3 is 0 Å². The smallest absolute Gasteiger partial charge is 0.259 e. The number of aromatic amines is 1. The molecule has 1 heterocycles. The molecule has 0 spiro atoms. The molecule has 0 saturated carbocycles. The van der Waals surface area contributed by atoms with Gasteiger partial charge in [0.15, 0.2) is 5.16 Å². The first-order chi connectivity index (χ1) is 11.2. The maximum atomic E-state index is 12.0. The molecule has 0 unspecified atom stereocenters. The molecule has 1 N–H and O–H groups in total. The molecular weight excluding hydrogens is 308 g/mol. The summed E-state index contributed by atoms with van der Waals surface area (Å²) < 4.78 is 5.69. The second-order valence-electron chi connectivity index (χ2n) is 5.25. The molecule has 1 aromatic heterocycles. The lowest BCUT2D eigenvalue weighted by Crippen LogP contribution is -2.09. The van der Waals surface area contributed by atoms with Crippen molar-refractivity contribution in [3.63, 3.8) is 0 Å². The van der Waals surface area contributed by atoms with Crippen molar-refractivity contribution >= 4 is 22.7 Å². The molecule has 0 bridgehead atoms. The number of benzene rings is 2. The lowest BCUT2D eigenvalue weighted by molar-refractivity contribution is 0.318. The van der Waals surface area contributed by atoms with E-state index in [2.05, 4.69) is 16.9 Å². The van der Waals surface area contributed by atoms with E-state index in [9.17, 15) is 4.79 Å². The van der Waals surface area contributed by atoms with Crippen LogP contribution in [0.25, 0.3) is 10.9 Å². The van der Waals surface area contributed by atoms with Crippen molar-refractivity contribution in [3.8, 4) is 5.75 Å². The second kappa shape index (κ2) is 7.33. The first kappa shape index (κ1) is 15.6. The normalized spacial score (nSPS) is 10.8. The number of nitrogens with one attached hydrogen (secondary N) is 1. The molecule has 0 atom stereocenters. The van der Waals surface area contributed by atoms with Crippen molar-refractivity contribution in [2.45, 2.75) is 18.5 Å². The van der Waals surface area contributed by atoms with Crippen LogP contribution in [-0.4, -0.2) is 22.3 Å². The Labute approximate surface area is 138 Å². The van der Waals surface area contributed by atoms with Gasteiger partial charge in [0.1, 0.15) is 5.75 Å². The van der Waals surface area contributed by atoms with E-state index in [0.717, 1.165) is 23.4 Å². The zero-order chi connectivity index (χ0) is 16.1. The Morgan fingerprint density at radius 3 is 2.74 bits per heavy atom. The predicted octanol–water partition coefficient (Wildman–Crippen LogP) is 3.79. The summed E-state index contributed by atoms with van der Waals surface area (Å²) in [6.45, 7) is 2.70. The number of ether oxygens (including phenoxy) is 1. The van der Waals surface area contributed by atoms with Gasteiger partial charge in [0.2, 0.25) is 0 Å². The number of H-pyrrole nitrogens is 1. The number of aromatic nitrogens is 2. The summed E-state index contributed by atoms with van der Waals surface area (Å²) in [7, 11) is 0. The van der Waals surface area contributed by atoms with E-state index in [-0.39, 0.29) is 5.56 Å². The third-order valence-corrected chi connectivity index (χ3v) is 4.37. The second-order valence-corrected chi connectivity index (χ2v) is 6.34. The highest BCUT2D eigenvalue weighted by atomic mass is 32.2. The molecule has 0 amide bonds. The Morgan fingerprint density at radius 2 is 1.91 bits per heavy atom. The van der Waals surface area contributed by atoms with Gasteiger partial charge in [-0.1, -0.05) is 41.6 Å². The van der Waals surface area contributed by atoms with Crippen LogP contribution in [0, 0.1) is 6.92 Å². The highest BCUT2D eigenvalue weighted by Gasteiger charge is 2.03. The van der Waals surface area contributed by atoms with Crippen molar-refractivity contribution in [1.82, 2.24) is 9.97 Å². The number of aryl methyl sites for hydroxylation is 1. The number of fused-ring (bicyclic) bond motifs is 1. The van der Waals surface area contributed by atoms with E-state index < -0.39 is 0 Å². The molecule has 0 aliphatic carbocycles. The predicted molar refractivity (Wildman–Crippen MR) is 94.4 cm³/mol. The maximum Gasteiger partial charge on any atom is 0.259 e. The number of nitrogens with zero attached hydrogens (tertiary/aromatic N) is 1. The van der Waals surface area contributed by atoms with Crippen LogP contribution in [0.5, 0.6) is 5.75 Å². The lowest BCUT2D eigenvalue weighted by atomic mass is 10.2. The van der Waals surface area contributed by atoms with E-state index in [1.165, 1.54) is 5.56 Å². The summed E-state index contributed by atoms with van der Waals surface area (Å²) in [5.74, 6) is 1.73.